The number of hydrogen-bond acceptors (Lipinski definition) is 6. The Morgan fingerprint density at radius 2 is 1.73 bits per heavy atom. The molecule has 1 N–H and O–H groups in total. The van der Waals surface area contributed by atoms with Gasteiger partial charge < -0.3 is 14.8 Å². The second kappa shape index (κ2) is 6.72. The highest BCUT2D eigenvalue weighted by molar-refractivity contribution is 5.73. The van der Waals surface area contributed by atoms with E-state index in [9.17, 15) is 0 Å². The lowest BCUT2D eigenvalue weighted by atomic mass is 10.2. The van der Waals surface area contributed by atoms with Crippen LogP contribution in [0.25, 0.3) is 17.0 Å². The van der Waals surface area contributed by atoms with E-state index in [1.807, 2.05) is 59.1 Å². The van der Waals surface area contributed by atoms with E-state index in [2.05, 4.69) is 20.5 Å². The zero-order valence-electron chi connectivity index (χ0n) is 14.4. The molecule has 0 saturated carbocycles. The number of methoxy groups -OCH3 is 2. The van der Waals surface area contributed by atoms with Gasteiger partial charge in [0.05, 0.1) is 14.2 Å². The highest BCUT2D eigenvalue weighted by atomic mass is 16.5. The van der Waals surface area contributed by atoms with Crippen molar-refractivity contribution in [1.29, 1.82) is 0 Å². The normalized spacial score (nSPS) is 10.7. The molecule has 2 heterocycles. The van der Waals surface area contributed by atoms with Crippen LogP contribution in [0.5, 0.6) is 11.5 Å². The first kappa shape index (κ1) is 15.9. The molecular weight excluding hydrogens is 330 g/mol. The Hall–Kier alpha value is -3.61. The molecule has 4 aromatic rings. The number of nitrogens with zero attached hydrogens (tertiary/aromatic N) is 4. The van der Waals surface area contributed by atoms with Gasteiger partial charge in [0, 0.05) is 29.7 Å². The predicted molar refractivity (Wildman–Crippen MR) is 99.0 cm³/mol. The van der Waals surface area contributed by atoms with Gasteiger partial charge >= 0.3 is 0 Å². The van der Waals surface area contributed by atoms with E-state index in [4.69, 9.17) is 9.47 Å². The molecule has 2 aromatic heterocycles. The van der Waals surface area contributed by atoms with Gasteiger partial charge in [-0.3, -0.25) is 4.40 Å². The Balaban J connectivity index is 1.73. The molecule has 0 fully saturated rings. The zero-order chi connectivity index (χ0) is 17.9. The topological polar surface area (TPSA) is 73.6 Å². The van der Waals surface area contributed by atoms with Crippen LogP contribution in [0.2, 0.25) is 0 Å². The van der Waals surface area contributed by atoms with Gasteiger partial charge in [0.1, 0.15) is 0 Å². The van der Waals surface area contributed by atoms with Crippen molar-refractivity contribution in [3.63, 3.8) is 0 Å². The van der Waals surface area contributed by atoms with Gasteiger partial charge in [-0.05, 0) is 12.1 Å². The second-order valence-corrected chi connectivity index (χ2v) is 5.55. The lowest BCUT2D eigenvalue weighted by molar-refractivity contribution is 0.355. The predicted octanol–water partition coefficient (Wildman–Crippen LogP) is 3.55. The van der Waals surface area contributed by atoms with Crippen molar-refractivity contribution in [2.75, 3.05) is 19.5 Å². The maximum Gasteiger partial charge on any atom is 0.204 e. The SMILES string of the molecule is COc1ccc(Nc2nccn3c(-c4ccccc4)nnc23)cc1OC. The molecule has 0 unspecified atom stereocenters. The molecule has 2 aromatic carbocycles. The van der Waals surface area contributed by atoms with Crippen LogP contribution in [-0.2, 0) is 0 Å². The number of benzene rings is 2. The second-order valence-electron chi connectivity index (χ2n) is 5.55. The molecule has 4 rings (SSSR count). The number of fused-ring (bicyclic) bond motifs is 1. The Bertz CT molecular complexity index is 1050. The molecule has 0 amide bonds. The summed E-state index contributed by atoms with van der Waals surface area (Å²) in [5.74, 6) is 2.67. The minimum absolute atomic E-state index is 0.606. The van der Waals surface area contributed by atoms with Crippen LogP contribution in [0.3, 0.4) is 0 Å². The largest absolute Gasteiger partial charge is 0.493 e. The lowest BCUT2D eigenvalue weighted by Crippen LogP contribution is -1.99. The van der Waals surface area contributed by atoms with Gasteiger partial charge in [-0.1, -0.05) is 30.3 Å². The van der Waals surface area contributed by atoms with Crippen molar-refractivity contribution in [3.8, 4) is 22.9 Å². The third-order valence-corrected chi connectivity index (χ3v) is 4.01. The van der Waals surface area contributed by atoms with Crippen LogP contribution in [0.1, 0.15) is 0 Å². The number of anilines is 2. The summed E-state index contributed by atoms with van der Waals surface area (Å²) in [4.78, 5) is 4.40. The molecule has 130 valence electrons. The number of rotatable bonds is 5. The van der Waals surface area contributed by atoms with Crippen LogP contribution < -0.4 is 14.8 Å². The summed E-state index contributed by atoms with van der Waals surface area (Å²) in [5, 5.41) is 11.9. The molecule has 0 bridgehead atoms. The third-order valence-electron chi connectivity index (χ3n) is 4.01. The maximum atomic E-state index is 5.35. The Kier molecular flexibility index (Phi) is 4.10. The average Bonchev–Trinajstić information content (AvgIpc) is 3.14. The van der Waals surface area contributed by atoms with E-state index in [0.717, 1.165) is 17.1 Å². The van der Waals surface area contributed by atoms with Gasteiger partial charge in [0.2, 0.25) is 5.65 Å². The molecule has 0 saturated heterocycles. The van der Waals surface area contributed by atoms with E-state index < -0.39 is 0 Å². The van der Waals surface area contributed by atoms with Crippen molar-refractivity contribution >= 4 is 17.2 Å². The molecular formula is C19H17N5O2. The van der Waals surface area contributed by atoms with Crippen molar-refractivity contribution in [2.45, 2.75) is 0 Å². The van der Waals surface area contributed by atoms with Crippen molar-refractivity contribution in [2.24, 2.45) is 0 Å². The molecule has 0 aliphatic heterocycles. The van der Waals surface area contributed by atoms with E-state index >= 15 is 0 Å². The molecule has 26 heavy (non-hydrogen) atoms. The smallest absolute Gasteiger partial charge is 0.204 e. The fourth-order valence-electron chi connectivity index (χ4n) is 2.75. The first-order valence-corrected chi connectivity index (χ1v) is 8.04. The number of ether oxygens (including phenoxy) is 2. The molecule has 0 radical (unpaired) electrons. The Morgan fingerprint density at radius 3 is 2.50 bits per heavy atom. The van der Waals surface area contributed by atoms with Crippen LogP contribution in [0.15, 0.2) is 60.9 Å². The summed E-state index contributed by atoms with van der Waals surface area (Å²) in [7, 11) is 3.21. The molecule has 7 heteroatoms. The van der Waals surface area contributed by atoms with E-state index in [1.165, 1.54) is 0 Å². The number of aromatic nitrogens is 4. The van der Waals surface area contributed by atoms with E-state index in [-0.39, 0.29) is 0 Å². The summed E-state index contributed by atoms with van der Waals surface area (Å²) in [6.45, 7) is 0. The van der Waals surface area contributed by atoms with Crippen molar-refractivity contribution < 1.29 is 9.47 Å². The monoisotopic (exact) mass is 347 g/mol. The van der Waals surface area contributed by atoms with Crippen molar-refractivity contribution in [3.05, 3.63) is 60.9 Å². The minimum Gasteiger partial charge on any atom is -0.493 e. The fraction of sp³-hybridized carbons (Fsp3) is 0.105. The summed E-state index contributed by atoms with van der Waals surface area (Å²) < 4.78 is 12.5. The molecule has 7 nitrogen and oxygen atoms in total. The van der Waals surface area contributed by atoms with E-state index in [0.29, 0.717) is 23.0 Å². The molecule has 0 atom stereocenters. The van der Waals surface area contributed by atoms with Gasteiger partial charge in [-0.15, -0.1) is 10.2 Å². The average molecular weight is 347 g/mol. The quantitative estimate of drug-likeness (QED) is 0.595. The minimum atomic E-state index is 0.606. The Labute approximate surface area is 150 Å². The summed E-state index contributed by atoms with van der Waals surface area (Å²) in [6, 6.07) is 15.5. The summed E-state index contributed by atoms with van der Waals surface area (Å²) in [5.41, 5.74) is 2.44. The standard InChI is InChI=1S/C19H17N5O2/c1-25-15-9-8-14(12-16(15)26-2)21-17-19-23-22-18(24(19)11-10-20-17)13-6-4-3-5-7-13/h3-12H,1-2H3,(H,20,21). The molecule has 0 aliphatic rings. The third kappa shape index (κ3) is 2.79. The highest BCUT2D eigenvalue weighted by Crippen LogP contribution is 2.31. The highest BCUT2D eigenvalue weighted by Gasteiger charge is 2.13. The first-order chi connectivity index (χ1) is 12.8. The van der Waals surface area contributed by atoms with Crippen LogP contribution in [0, 0.1) is 0 Å². The zero-order valence-corrected chi connectivity index (χ0v) is 14.4. The van der Waals surface area contributed by atoms with Gasteiger partial charge in [0.25, 0.3) is 0 Å². The maximum absolute atomic E-state index is 5.35. The fourth-order valence-corrected chi connectivity index (χ4v) is 2.75. The summed E-state index contributed by atoms with van der Waals surface area (Å²) >= 11 is 0. The molecule has 0 aliphatic carbocycles. The van der Waals surface area contributed by atoms with Gasteiger partial charge in [-0.2, -0.15) is 0 Å². The lowest BCUT2D eigenvalue weighted by Gasteiger charge is -2.11. The van der Waals surface area contributed by atoms with Gasteiger partial charge in [-0.25, -0.2) is 4.98 Å². The van der Waals surface area contributed by atoms with Crippen LogP contribution >= 0.6 is 0 Å². The van der Waals surface area contributed by atoms with E-state index in [1.54, 1.807) is 20.4 Å². The number of hydrogen-bond donors (Lipinski definition) is 1. The Morgan fingerprint density at radius 1 is 0.923 bits per heavy atom. The molecule has 0 spiro atoms. The van der Waals surface area contributed by atoms with Crippen molar-refractivity contribution in [1.82, 2.24) is 19.6 Å². The van der Waals surface area contributed by atoms with Crippen LogP contribution in [-0.4, -0.2) is 33.8 Å². The summed E-state index contributed by atoms with van der Waals surface area (Å²) in [6.07, 6.45) is 3.56. The van der Waals surface area contributed by atoms with Gasteiger partial charge in [0.15, 0.2) is 23.1 Å². The first-order valence-electron chi connectivity index (χ1n) is 8.04. The van der Waals surface area contributed by atoms with Crippen LogP contribution in [0.4, 0.5) is 11.5 Å². The number of nitrogens with one attached hydrogen (secondary N) is 1.